The van der Waals surface area contributed by atoms with Gasteiger partial charge >= 0.3 is 24.2 Å². The molecule has 2 aliphatic rings. The van der Waals surface area contributed by atoms with Crippen molar-refractivity contribution >= 4 is 11.9 Å². The summed E-state index contributed by atoms with van der Waals surface area (Å²) in [5.41, 5.74) is -0.892. The van der Waals surface area contributed by atoms with Crippen LogP contribution in [0.5, 0.6) is 11.5 Å². The molecule has 0 saturated heterocycles. The molecule has 2 aromatic carbocycles. The van der Waals surface area contributed by atoms with Gasteiger partial charge in [-0.3, -0.25) is 0 Å². The van der Waals surface area contributed by atoms with E-state index >= 15 is 4.39 Å². The Morgan fingerprint density at radius 1 is 0.809 bits per heavy atom. The number of halogens is 6. The smallest absolute Gasteiger partial charge is 0.456 e. The molecule has 4 rings (SSSR count). The van der Waals surface area contributed by atoms with Crippen LogP contribution in [0.25, 0.3) is 0 Å². The summed E-state index contributed by atoms with van der Waals surface area (Å²) in [5, 5.41) is 17.1. The average Bonchev–Trinajstić information content (AvgIpc) is 3.59. The van der Waals surface area contributed by atoms with E-state index in [4.69, 9.17) is 24.4 Å². The summed E-state index contributed by atoms with van der Waals surface area (Å²) in [5.74, 6) is -7.34. The molecule has 0 bridgehead atoms. The molecule has 2 unspecified atom stereocenters. The standard InChI is InChI=1S/C32H36F6O9/c1-29(9-3-4-10-29)46-26-15-20(18-43-12-13-44-31(35,36)27(39)40)21(16-24(26)34)22-6-5-11-30(22,2)47-25-14-19(7-8-23(25)33)17-45-32(37,38)28(41)42/h7-8,14-16,22H,3-6,9-13,17-18H2,1-2H3,(H,39,40)(H,41,42). The highest BCUT2D eigenvalue weighted by molar-refractivity contribution is 5.73. The van der Waals surface area contributed by atoms with Gasteiger partial charge in [0, 0.05) is 5.92 Å². The minimum atomic E-state index is -4.46. The van der Waals surface area contributed by atoms with E-state index < -0.39 is 72.7 Å². The molecular weight excluding hydrogens is 642 g/mol. The van der Waals surface area contributed by atoms with Gasteiger partial charge in [-0.2, -0.15) is 17.6 Å². The lowest BCUT2D eigenvalue weighted by atomic mass is 9.83. The summed E-state index contributed by atoms with van der Waals surface area (Å²) in [6, 6.07) is 5.95. The summed E-state index contributed by atoms with van der Waals surface area (Å²) in [6.07, 6.45) is -4.19. The van der Waals surface area contributed by atoms with Crippen molar-refractivity contribution < 1.29 is 69.8 Å². The van der Waals surface area contributed by atoms with E-state index in [2.05, 4.69) is 9.47 Å². The molecule has 2 aliphatic carbocycles. The molecule has 9 nitrogen and oxygen atoms in total. The van der Waals surface area contributed by atoms with E-state index in [0.717, 1.165) is 31.0 Å². The van der Waals surface area contributed by atoms with Gasteiger partial charge in [-0.25, -0.2) is 18.4 Å². The van der Waals surface area contributed by atoms with Crippen molar-refractivity contribution in [2.24, 2.45) is 0 Å². The number of carboxylic acids is 2. The van der Waals surface area contributed by atoms with E-state index in [1.807, 2.05) is 6.92 Å². The van der Waals surface area contributed by atoms with Crippen LogP contribution in [0.4, 0.5) is 26.3 Å². The van der Waals surface area contributed by atoms with Gasteiger partial charge in [0.1, 0.15) is 11.2 Å². The fourth-order valence-electron chi connectivity index (χ4n) is 6.05. The first-order valence-electron chi connectivity index (χ1n) is 15.0. The second-order valence-corrected chi connectivity index (χ2v) is 12.2. The van der Waals surface area contributed by atoms with Crippen molar-refractivity contribution in [3.05, 3.63) is 58.7 Å². The predicted molar refractivity (Wildman–Crippen MR) is 151 cm³/mol. The lowest BCUT2D eigenvalue weighted by Crippen LogP contribution is -2.36. The highest BCUT2D eigenvalue weighted by Crippen LogP contribution is 2.48. The predicted octanol–water partition coefficient (Wildman–Crippen LogP) is 7.19. The van der Waals surface area contributed by atoms with Crippen molar-refractivity contribution in [2.45, 2.75) is 101 Å². The van der Waals surface area contributed by atoms with Crippen LogP contribution >= 0.6 is 0 Å². The highest BCUT2D eigenvalue weighted by Gasteiger charge is 2.45. The summed E-state index contributed by atoms with van der Waals surface area (Å²) < 4.78 is 110. The van der Waals surface area contributed by atoms with Crippen LogP contribution in [0.15, 0.2) is 30.3 Å². The van der Waals surface area contributed by atoms with E-state index in [9.17, 15) is 31.5 Å². The Morgan fingerprint density at radius 2 is 1.45 bits per heavy atom. The summed E-state index contributed by atoms with van der Waals surface area (Å²) in [4.78, 5) is 21.3. The van der Waals surface area contributed by atoms with E-state index in [-0.39, 0.29) is 23.7 Å². The Labute approximate surface area is 266 Å². The number of carboxylic acid groups (broad SMARTS) is 2. The lowest BCUT2D eigenvalue weighted by Gasteiger charge is -2.35. The van der Waals surface area contributed by atoms with Gasteiger partial charge < -0.3 is 33.9 Å². The number of hydrogen-bond donors (Lipinski definition) is 2. The lowest BCUT2D eigenvalue weighted by molar-refractivity contribution is -0.250. The molecule has 15 heteroatoms. The van der Waals surface area contributed by atoms with Gasteiger partial charge in [-0.15, -0.1) is 0 Å². The Bertz CT molecular complexity index is 1450. The third-order valence-electron chi connectivity index (χ3n) is 8.52. The first-order chi connectivity index (χ1) is 21.9. The van der Waals surface area contributed by atoms with Crippen LogP contribution in [0.3, 0.4) is 0 Å². The van der Waals surface area contributed by atoms with Crippen LogP contribution in [0.2, 0.25) is 0 Å². The molecule has 0 aliphatic heterocycles. The molecule has 2 N–H and O–H groups in total. The van der Waals surface area contributed by atoms with Crippen LogP contribution in [0, 0.1) is 11.6 Å². The van der Waals surface area contributed by atoms with Gasteiger partial charge in [0.2, 0.25) is 0 Å². The quantitative estimate of drug-likeness (QED) is 0.140. The average molecular weight is 679 g/mol. The number of benzene rings is 2. The molecule has 47 heavy (non-hydrogen) atoms. The summed E-state index contributed by atoms with van der Waals surface area (Å²) in [6.45, 7) is 1.30. The van der Waals surface area contributed by atoms with Crippen molar-refractivity contribution in [3.63, 3.8) is 0 Å². The SMILES string of the molecule is CC1(Oc2cc(COCCOC(F)(F)C(=O)O)c(C3CCCC3(C)Oc3cc(COC(F)(F)C(=O)O)ccc3F)cc2F)CCCC1. The fraction of sp³-hybridized carbons (Fsp3) is 0.562. The monoisotopic (exact) mass is 678 g/mol. The Kier molecular flexibility index (Phi) is 11.0. The summed E-state index contributed by atoms with van der Waals surface area (Å²) >= 11 is 0. The Morgan fingerprint density at radius 3 is 2.11 bits per heavy atom. The molecule has 260 valence electrons. The maximum absolute atomic E-state index is 15.6. The third kappa shape index (κ3) is 8.87. The fourth-order valence-corrected chi connectivity index (χ4v) is 6.05. The number of carbonyl (C=O) groups is 2. The van der Waals surface area contributed by atoms with Crippen LogP contribution < -0.4 is 9.47 Å². The van der Waals surface area contributed by atoms with Gasteiger partial charge in [0.25, 0.3) is 0 Å². The van der Waals surface area contributed by atoms with Crippen LogP contribution in [0.1, 0.15) is 81.4 Å². The van der Waals surface area contributed by atoms with E-state index in [1.54, 1.807) is 6.92 Å². The first-order valence-corrected chi connectivity index (χ1v) is 15.0. The zero-order valence-electron chi connectivity index (χ0n) is 25.8. The molecule has 2 fully saturated rings. The minimum absolute atomic E-state index is 0.0122. The highest BCUT2D eigenvalue weighted by atomic mass is 19.3. The van der Waals surface area contributed by atoms with Gasteiger partial charge in [-0.1, -0.05) is 6.07 Å². The number of ether oxygens (including phenoxy) is 5. The van der Waals surface area contributed by atoms with Crippen LogP contribution in [-0.4, -0.2) is 58.8 Å². The van der Waals surface area contributed by atoms with E-state index in [0.29, 0.717) is 43.2 Å². The van der Waals surface area contributed by atoms with Crippen molar-refractivity contribution in [2.75, 3.05) is 13.2 Å². The van der Waals surface area contributed by atoms with Crippen LogP contribution in [-0.2, 0) is 37.0 Å². The zero-order chi connectivity index (χ0) is 34.6. The molecule has 0 radical (unpaired) electrons. The van der Waals surface area contributed by atoms with Gasteiger partial charge in [-0.05, 0) is 99.7 Å². The topological polar surface area (TPSA) is 121 Å². The second kappa shape index (κ2) is 14.3. The molecule has 0 heterocycles. The second-order valence-electron chi connectivity index (χ2n) is 12.2. The molecular formula is C32H36F6O9. The van der Waals surface area contributed by atoms with Gasteiger partial charge in [0.15, 0.2) is 23.1 Å². The molecule has 0 aromatic heterocycles. The third-order valence-corrected chi connectivity index (χ3v) is 8.52. The number of alkyl halides is 4. The molecule has 2 aromatic rings. The van der Waals surface area contributed by atoms with Gasteiger partial charge in [0.05, 0.1) is 26.4 Å². The molecule has 2 saturated carbocycles. The number of rotatable bonds is 16. The zero-order valence-corrected chi connectivity index (χ0v) is 25.8. The van der Waals surface area contributed by atoms with E-state index in [1.165, 1.54) is 12.1 Å². The molecule has 2 atom stereocenters. The Balaban J connectivity index is 1.59. The summed E-state index contributed by atoms with van der Waals surface area (Å²) in [7, 11) is 0. The molecule has 0 amide bonds. The van der Waals surface area contributed by atoms with Crippen molar-refractivity contribution in [3.8, 4) is 11.5 Å². The van der Waals surface area contributed by atoms with Crippen molar-refractivity contribution in [1.29, 1.82) is 0 Å². The maximum atomic E-state index is 15.6. The molecule has 0 spiro atoms. The minimum Gasteiger partial charge on any atom is -0.484 e. The number of hydrogen-bond acceptors (Lipinski definition) is 7. The Hall–Kier alpha value is -3.56. The number of aliphatic carboxylic acids is 2. The largest absolute Gasteiger partial charge is 0.484 e. The van der Waals surface area contributed by atoms with Crippen molar-refractivity contribution in [1.82, 2.24) is 0 Å². The normalized spacial score (nSPS) is 21.1. The maximum Gasteiger partial charge on any atom is 0.456 e. The first kappa shape index (κ1) is 36.3.